The molecule has 1 heterocycles. The molecule has 0 atom stereocenters. The summed E-state index contributed by atoms with van der Waals surface area (Å²) in [6, 6.07) is 0. The van der Waals surface area contributed by atoms with Crippen molar-refractivity contribution >= 4 is 0 Å². The van der Waals surface area contributed by atoms with Crippen molar-refractivity contribution in [2.24, 2.45) is 0 Å². The molecule has 1 N–H and O–H groups in total. The second kappa shape index (κ2) is 8.13. The maximum absolute atomic E-state index is 3.21. The van der Waals surface area contributed by atoms with Crippen LogP contribution in [0.4, 0.5) is 0 Å². The molecule has 3 heteroatoms. The van der Waals surface area contributed by atoms with E-state index in [1.807, 2.05) is 7.05 Å². The molecule has 0 aliphatic carbocycles. The average Bonchev–Trinajstić information content (AvgIpc) is 2.33. The highest BCUT2D eigenvalue weighted by Crippen LogP contribution is 2.16. The second-order valence-corrected chi connectivity index (χ2v) is 6.52. The van der Waals surface area contributed by atoms with Gasteiger partial charge in [-0.1, -0.05) is 12.8 Å². The van der Waals surface area contributed by atoms with Crippen molar-refractivity contribution in [3.8, 4) is 0 Å². The molecule has 1 aliphatic rings. The number of nitrogens with zero attached hydrogens (tertiary/aromatic N) is 2. The van der Waals surface area contributed by atoms with Crippen LogP contribution in [-0.4, -0.2) is 61.7 Å². The highest BCUT2D eigenvalue weighted by molar-refractivity contribution is 4.81. The van der Waals surface area contributed by atoms with Crippen LogP contribution in [-0.2, 0) is 0 Å². The lowest BCUT2D eigenvalue weighted by Gasteiger charge is -2.42. The molecule has 1 saturated heterocycles. The minimum Gasteiger partial charge on any atom is -0.320 e. The minimum absolute atomic E-state index is 0.346. The van der Waals surface area contributed by atoms with Gasteiger partial charge in [0, 0.05) is 31.7 Å². The van der Waals surface area contributed by atoms with Crippen molar-refractivity contribution in [2.75, 3.05) is 46.3 Å². The van der Waals surface area contributed by atoms with E-state index in [0.717, 1.165) is 0 Å². The summed E-state index contributed by atoms with van der Waals surface area (Å²) in [5.41, 5.74) is 0.346. The number of hydrogen-bond donors (Lipinski definition) is 1. The van der Waals surface area contributed by atoms with Gasteiger partial charge in [-0.3, -0.25) is 4.90 Å². The van der Waals surface area contributed by atoms with Gasteiger partial charge in [0.2, 0.25) is 0 Å². The van der Waals surface area contributed by atoms with Gasteiger partial charge in [0.05, 0.1) is 0 Å². The van der Waals surface area contributed by atoms with Crippen LogP contribution in [0.25, 0.3) is 0 Å². The molecule has 0 aromatic heterocycles. The summed E-state index contributed by atoms with van der Waals surface area (Å²) in [6.45, 7) is 14.4. The minimum atomic E-state index is 0.346. The molecule has 0 spiro atoms. The van der Waals surface area contributed by atoms with Crippen LogP contribution < -0.4 is 5.32 Å². The van der Waals surface area contributed by atoms with Crippen LogP contribution >= 0.6 is 0 Å². The van der Waals surface area contributed by atoms with E-state index >= 15 is 0 Å². The van der Waals surface area contributed by atoms with Crippen molar-refractivity contribution < 1.29 is 0 Å². The van der Waals surface area contributed by atoms with Gasteiger partial charge in [0.25, 0.3) is 0 Å². The number of rotatable bonds is 7. The van der Waals surface area contributed by atoms with E-state index in [0.29, 0.717) is 5.54 Å². The van der Waals surface area contributed by atoms with Crippen molar-refractivity contribution in [1.82, 2.24) is 15.1 Å². The van der Waals surface area contributed by atoms with Gasteiger partial charge in [0.15, 0.2) is 0 Å². The van der Waals surface area contributed by atoms with Crippen molar-refractivity contribution in [1.29, 1.82) is 0 Å². The zero-order valence-electron chi connectivity index (χ0n) is 13.0. The maximum atomic E-state index is 3.21. The van der Waals surface area contributed by atoms with Crippen LogP contribution in [0, 0.1) is 0 Å². The van der Waals surface area contributed by atoms with Crippen LogP contribution in [0.3, 0.4) is 0 Å². The average molecular weight is 255 g/mol. The molecule has 3 nitrogen and oxygen atoms in total. The topological polar surface area (TPSA) is 18.5 Å². The molecule has 18 heavy (non-hydrogen) atoms. The normalized spacial score (nSPS) is 19.3. The standard InChI is InChI=1S/C15H33N3/c1-15(2,3)18-13-11-17(12-14-18)10-8-6-5-7-9-16-4/h16H,5-14H2,1-4H3. The Balaban J connectivity index is 2.02. The lowest BCUT2D eigenvalue weighted by atomic mass is 10.0. The summed E-state index contributed by atoms with van der Waals surface area (Å²) in [4.78, 5) is 5.25. The molecule has 0 aromatic carbocycles. The molecule has 0 bridgehead atoms. The Bertz CT molecular complexity index is 202. The Hall–Kier alpha value is -0.120. The summed E-state index contributed by atoms with van der Waals surface area (Å²) in [6.07, 6.45) is 5.47. The van der Waals surface area contributed by atoms with Crippen LogP contribution in [0.1, 0.15) is 46.5 Å². The van der Waals surface area contributed by atoms with Gasteiger partial charge in [-0.15, -0.1) is 0 Å². The van der Waals surface area contributed by atoms with Crippen LogP contribution in [0.2, 0.25) is 0 Å². The van der Waals surface area contributed by atoms with Crippen LogP contribution in [0.15, 0.2) is 0 Å². The fraction of sp³-hybridized carbons (Fsp3) is 1.00. The molecule has 0 radical (unpaired) electrons. The van der Waals surface area contributed by atoms with Crippen molar-refractivity contribution in [3.63, 3.8) is 0 Å². The zero-order chi connectivity index (χ0) is 13.4. The lowest BCUT2D eigenvalue weighted by molar-refractivity contribution is 0.0616. The molecular weight excluding hydrogens is 222 g/mol. The van der Waals surface area contributed by atoms with E-state index in [9.17, 15) is 0 Å². The van der Waals surface area contributed by atoms with E-state index in [1.54, 1.807) is 0 Å². The van der Waals surface area contributed by atoms with Gasteiger partial charge in [-0.05, 0) is 53.8 Å². The summed E-state index contributed by atoms with van der Waals surface area (Å²) >= 11 is 0. The molecule has 0 amide bonds. The van der Waals surface area contributed by atoms with E-state index in [4.69, 9.17) is 0 Å². The molecule has 1 aliphatic heterocycles. The van der Waals surface area contributed by atoms with E-state index in [-0.39, 0.29) is 0 Å². The molecule has 1 fully saturated rings. The van der Waals surface area contributed by atoms with E-state index in [2.05, 4.69) is 35.9 Å². The fourth-order valence-corrected chi connectivity index (χ4v) is 2.63. The summed E-state index contributed by atoms with van der Waals surface area (Å²) in [7, 11) is 2.04. The van der Waals surface area contributed by atoms with Gasteiger partial charge >= 0.3 is 0 Å². The Kier molecular flexibility index (Phi) is 7.20. The third-order valence-corrected chi connectivity index (χ3v) is 3.97. The first-order valence-corrected chi connectivity index (χ1v) is 7.66. The summed E-state index contributed by atoms with van der Waals surface area (Å²) < 4.78 is 0. The summed E-state index contributed by atoms with van der Waals surface area (Å²) in [5, 5.41) is 3.21. The van der Waals surface area contributed by atoms with Gasteiger partial charge < -0.3 is 10.2 Å². The molecular formula is C15H33N3. The molecule has 108 valence electrons. The highest BCUT2D eigenvalue weighted by atomic mass is 15.3. The molecule has 0 saturated carbocycles. The zero-order valence-corrected chi connectivity index (χ0v) is 13.0. The van der Waals surface area contributed by atoms with Gasteiger partial charge in [-0.25, -0.2) is 0 Å². The maximum Gasteiger partial charge on any atom is 0.0126 e. The largest absolute Gasteiger partial charge is 0.320 e. The smallest absolute Gasteiger partial charge is 0.0126 e. The van der Waals surface area contributed by atoms with Gasteiger partial charge in [-0.2, -0.15) is 0 Å². The Morgan fingerprint density at radius 2 is 1.50 bits per heavy atom. The number of unbranched alkanes of at least 4 members (excludes halogenated alkanes) is 3. The fourth-order valence-electron chi connectivity index (χ4n) is 2.63. The second-order valence-electron chi connectivity index (χ2n) is 6.52. The molecule has 1 rings (SSSR count). The van der Waals surface area contributed by atoms with Crippen molar-refractivity contribution in [2.45, 2.75) is 52.0 Å². The third kappa shape index (κ3) is 6.17. The SMILES string of the molecule is CNCCCCCCN1CCN(C(C)(C)C)CC1. The Labute approximate surface area is 114 Å². The first-order valence-electron chi connectivity index (χ1n) is 7.66. The highest BCUT2D eigenvalue weighted by Gasteiger charge is 2.25. The van der Waals surface area contributed by atoms with Crippen LogP contribution in [0.5, 0.6) is 0 Å². The van der Waals surface area contributed by atoms with E-state index < -0.39 is 0 Å². The predicted molar refractivity (Wildman–Crippen MR) is 80.2 cm³/mol. The number of piperazine rings is 1. The Morgan fingerprint density at radius 1 is 0.889 bits per heavy atom. The lowest BCUT2D eigenvalue weighted by Crippen LogP contribution is -2.53. The first-order chi connectivity index (χ1) is 8.54. The number of nitrogens with one attached hydrogen (secondary N) is 1. The third-order valence-electron chi connectivity index (χ3n) is 3.97. The van der Waals surface area contributed by atoms with Crippen molar-refractivity contribution in [3.05, 3.63) is 0 Å². The quantitative estimate of drug-likeness (QED) is 0.704. The number of hydrogen-bond acceptors (Lipinski definition) is 3. The van der Waals surface area contributed by atoms with E-state index in [1.165, 1.54) is 65.0 Å². The monoisotopic (exact) mass is 255 g/mol. The summed E-state index contributed by atoms with van der Waals surface area (Å²) in [5.74, 6) is 0. The van der Waals surface area contributed by atoms with Gasteiger partial charge in [0.1, 0.15) is 0 Å². The molecule has 0 aromatic rings. The molecule has 0 unspecified atom stereocenters. The Morgan fingerprint density at radius 3 is 2.06 bits per heavy atom. The first kappa shape index (κ1) is 15.9. The predicted octanol–water partition coefficient (Wildman–Crippen LogP) is 2.18.